The number of carbonyl (C=O) groups excluding carboxylic acids is 1. The highest BCUT2D eigenvalue weighted by Gasteiger charge is 2.31. The van der Waals surface area contributed by atoms with Crippen molar-refractivity contribution in [2.75, 3.05) is 26.7 Å². The molecular formula is C15H26N4O4S. The average molecular weight is 358 g/mol. The third-order valence-corrected chi connectivity index (χ3v) is 6.14. The van der Waals surface area contributed by atoms with Crippen LogP contribution in [0.5, 0.6) is 0 Å². The molecule has 1 aromatic heterocycles. The molecule has 1 aliphatic rings. The van der Waals surface area contributed by atoms with E-state index in [-0.39, 0.29) is 22.3 Å². The summed E-state index contributed by atoms with van der Waals surface area (Å²) in [6.07, 6.45) is 1.85. The summed E-state index contributed by atoms with van der Waals surface area (Å²) >= 11 is 0. The van der Waals surface area contributed by atoms with Crippen LogP contribution in [0.25, 0.3) is 0 Å². The molecule has 1 atom stereocenters. The van der Waals surface area contributed by atoms with Gasteiger partial charge in [0.1, 0.15) is 10.6 Å². The Hall–Kier alpha value is -1.45. The fourth-order valence-corrected chi connectivity index (χ4v) is 4.65. The van der Waals surface area contributed by atoms with E-state index in [1.54, 1.807) is 18.7 Å². The van der Waals surface area contributed by atoms with E-state index >= 15 is 0 Å². The Morgan fingerprint density at radius 2 is 2.00 bits per heavy atom. The van der Waals surface area contributed by atoms with E-state index in [1.807, 2.05) is 7.05 Å². The second-order valence-corrected chi connectivity index (χ2v) is 7.97. The van der Waals surface area contributed by atoms with Crippen molar-refractivity contribution < 1.29 is 17.7 Å². The van der Waals surface area contributed by atoms with Gasteiger partial charge in [-0.3, -0.25) is 4.79 Å². The maximum Gasteiger partial charge on any atom is 0.246 e. The number of nitrogens with zero attached hydrogens (tertiary/aromatic N) is 2. The van der Waals surface area contributed by atoms with Crippen LogP contribution < -0.4 is 10.0 Å². The molecule has 1 fully saturated rings. The Morgan fingerprint density at radius 3 is 2.50 bits per heavy atom. The van der Waals surface area contributed by atoms with Gasteiger partial charge in [-0.1, -0.05) is 5.16 Å². The topological polar surface area (TPSA) is 105 Å². The number of likely N-dealkylation sites (tertiary alicyclic amines) is 1. The largest absolute Gasteiger partial charge is 0.360 e. The number of hydrogen-bond donors (Lipinski definition) is 2. The first kappa shape index (κ1) is 18.9. The Labute approximate surface area is 143 Å². The number of sulfonamides is 1. The normalized spacial score (nSPS) is 17.9. The molecule has 0 saturated carbocycles. The van der Waals surface area contributed by atoms with E-state index < -0.39 is 16.1 Å². The molecular weight excluding hydrogens is 332 g/mol. The van der Waals surface area contributed by atoms with Crippen molar-refractivity contribution in [3.8, 4) is 0 Å². The standard InChI is InChI=1S/C15H26N4O4S/c1-10-14(12(3)23-17-10)24(21,22)18-11(2)15(20)19-7-5-13(6-8-19)9-16-4/h11,13,16,18H,5-9H2,1-4H3. The van der Waals surface area contributed by atoms with Gasteiger partial charge in [-0.05, 0) is 53.1 Å². The molecule has 1 aliphatic heterocycles. The lowest BCUT2D eigenvalue weighted by atomic mass is 9.96. The first-order valence-corrected chi connectivity index (χ1v) is 9.63. The highest BCUT2D eigenvalue weighted by Crippen LogP contribution is 2.20. The van der Waals surface area contributed by atoms with E-state index in [0.29, 0.717) is 19.0 Å². The van der Waals surface area contributed by atoms with Crippen molar-refractivity contribution in [2.24, 2.45) is 5.92 Å². The van der Waals surface area contributed by atoms with Gasteiger partial charge in [-0.15, -0.1) is 0 Å². The minimum absolute atomic E-state index is 0.00915. The van der Waals surface area contributed by atoms with Crippen LogP contribution in [0, 0.1) is 19.8 Å². The molecule has 1 amide bonds. The number of aryl methyl sites for hydroxylation is 2. The summed E-state index contributed by atoms with van der Waals surface area (Å²) < 4.78 is 32.3. The summed E-state index contributed by atoms with van der Waals surface area (Å²) in [4.78, 5) is 14.3. The Kier molecular flexibility index (Phi) is 6.00. The van der Waals surface area contributed by atoms with Crippen LogP contribution in [0.1, 0.15) is 31.2 Å². The Bertz CT molecular complexity index is 658. The van der Waals surface area contributed by atoms with Gasteiger partial charge in [-0.25, -0.2) is 8.42 Å². The van der Waals surface area contributed by atoms with Crippen LogP contribution in [0.4, 0.5) is 0 Å². The lowest BCUT2D eigenvalue weighted by molar-refractivity contribution is -0.133. The number of aromatic nitrogens is 1. The number of piperidine rings is 1. The summed E-state index contributed by atoms with van der Waals surface area (Å²) in [5, 5.41) is 6.81. The quantitative estimate of drug-likeness (QED) is 0.763. The van der Waals surface area contributed by atoms with E-state index in [0.717, 1.165) is 19.4 Å². The van der Waals surface area contributed by atoms with Crippen molar-refractivity contribution in [3.05, 3.63) is 11.5 Å². The maximum absolute atomic E-state index is 12.5. The molecule has 1 aromatic rings. The van der Waals surface area contributed by atoms with Gasteiger partial charge in [-0.2, -0.15) is 4.72 Å². The van der Waals surface area contributed by atoms with Crippen LogP contribution in [0.2, 0.25) is 0 Å². The zero-order valence-corrected chi connectivity index (χ0v) is 15.4. The number of rotatable bonds is 6. The minimum atomic E-state index is -3.84. The van der Waals surface area contributed by atoms with E-state index in [2.05, 4.69) is 15.2 Å². The van der Waals surface area contributed by atoms with Crippen LogP contribution in [-0.2, 0) is 14.8 Å². The van der Waals surface area contributed by atoms with E-state index in [9.17, 15) is 13.2 Å². The fourth-order valence-electron chi connectivity index (χ4n) is 3.12. The van der Waals surface area contributed by atoms with Gasteiger partial charge >= 0.3 is 0 Å². The Balaban J connectivity index is 1.99. The van der Waals surface area contributed by atoms with Crippen molar-refractivity contribution in [1.82, 2.24) is 20.1 Å². The van der Waals surface area contributed by atoms with Crippen molar-refractivity contribution in [2.45, 2.75) is 44.6 Å². The van der Waals surface area contributed by atoms with E-state index in [1.165, 1.54) is 6.92 Å². The monoisotopic (exact) mass is 358 g/mol. The van der Waals surface area contributed by atoms with Gasteiger partial charge in [0.05, 0.1) is 6.04 Å². The predicted octanol–water partition coefficient (Wildman–Crippen LogP) is 0.416. The predicted molar refractivity (Wildman–Crippen MR) is 89.0 cm³/mol. The third-order valence-electron chi connectivity index (χ3n) is 4.36. The SMILES string of the molecule is CNCC1CCN(C(=O)C(C)NS(=O)(=O)c2c(C)noc2C)CC1. The number of hydrogen-bond acceptors (Lipinski definition) is 6. The van der Waals surface area contributed by atoms with Crippen molar-refractivity contribution in [3.63, 3.8) is 0 Å². The molecule has 1 saturated heterocycles. The lowest BCUT2D eigenvalue weighted by Gasteiger charge is -2.33. The second kappa shape index (κ2) is 7.62. The average Bonchev–Trinajstić information content (AvgIpc) is 2.87. The molecule has 0 aromatic carbocycles. The smallest absolute Gasteiger partial charge is 0.246 e. The van der Waals surface area contributed by atoms with Crippen molar-refractivity contribution >= 4 is 15.9 Å². The number of amides is 1. The zero-order valence-electron chi connectivity index (χ0n) is 14.6. The Morgan fingerprint density at radius 1 is 1.38 bits per heavy atom. The fraction of sp³-hybridized carbons (Fsp3) is 0.733. The summed E-state index contributed by atoms with van der Waals surface area (Å²) in [7, 11) is -1.92. The summed E-state index contributed by atoms with van der Waals surface area (Å²) in [5.74, 6) is 0.578. The molecule has 2 N–H and O–H groups in total. The lowest BCUT2D eigenvalue weighted by Crippen LogP contribution is -2.49. The second-order valence-electron chi connectivity index (χ2n) is 6.32. The molecule has 0 radical (unpaired) electrons. The van der Waals surface area contributed by atoms with Gasteiger partial charge in [0, 0.05) is 13.1 Å². The van der Waals surface area contributed by atoms with Gasteiger partial charge in [0.25, 0.3) is 0 Å². The van der Waals surface area contributed by atoms with Crippen LogP contribution in [0.3, 0.4) is 0 Å². The first-order valence-electron chi connectivity index (χ1n) is 8.15. The molecule has 2 rings (SSSR count). The number of nitrogens with one attached hydrogen (secondary N) is 2. The maximum atomic E-state index is 12.5. The number of carbonyl (C=O) groups is 1. The molecule has 136 valence electrons. The molecule has 1 unspecified atom stereocenters. The highest BCUT2D eigenvalue weighted by molar-refractivity contribution is 7.89. The molecule has 9 heteroatoms. The van der Waals surface area contributed by atoms with Crippen LogP contribution in [0.15, 0.2) is 9.42 Å². The molecule has 0 aliphatic carbocycles. The summed E-state index contributed by atoms with van der Waals surface area (Å²) in [6, 6.07) is -0.829. The van der Waals surface area contributed by atoms with Crippen molar-refractivity contribution in [1.29, 1.82) is 0 Å². The third kappa shape index (κ3) is 4.14. The molecule has 24 heavy (non-hydrogen) atoms. The van der Waals surface area contributed by atoms with Gasteiger partial charge in [0.2, 0.25) is 15.9 Å². The van der Waals surface area contributed by atoms with Gasteiger partial charge in [0.15, 0.2) is 5.76 Å². The minimum Gasteiger partial charge on any atom is -0.360 e. The molecule has 0 spiro atoms. The van der Waals surface area contributed by atoms with Crippen LogP contribution in [-0.4, -0.2) is 57.1 Å². The highest BCUT2D eigenvalue weighted by atomic mass is 32.2. The summed E-state index contributed by atoms with van der Waals surface area (Å²) in [6.45, 7) is 6.91. The zero-order chi connectivity index (χ0) is 17.9. The van der Waals surface area contributed by atoms with E-state index in [4.69, 9.17) is 4.52 Å². The molecule has 8 nitrogen and oxygen atoms in total. The van der Waals surface area contributed by atoms with Gasteiger partial charge < -0.3 is 14.7 Å². The molecule has 0 bridgehead atoms. The summed E-state index contributed by atoms with van der Waals surface area (Å²) in [5.41, 5.74) is 0.285. The van der Waals surface area contributed by atoms with Crippen LogP contribution >= 0.6 is 0 Å². The first-order chi connectivity index (χ1) is 11.3. The molecule has 2 heterocycles.